The minimum Gasteiger partial charge on any atom is -0.340 e. The van der Waals surface area contributed by atoms with Gasteiger partial charge >= 0.3 is 0 Å². The van der Waals surface area contributed by atoms with Crippen LogP contribution in [0.4, 0.5) is 0 Å². The van der Waals surface area contributed by atoms with Gasteiger partial charge in [-0.1, -0.05) is 50.2 Å². The van der Waals surface area contributed by atoms with E-state index in [9.17, 15) is 9.59 Å². The fraction of sp³-hybridized carbons (Fsp3) is 0.455. The smallest absolute Gasteiger partial charge is 0.245 e. The Morgan fingerprint density at radius 1 is 1.12 bits per heavy atom. The second kappa shape index (κ2) is 7.90. The molecule has 0 aromatic heterocycles. The Balaban J connectivity index is 1.73. The molecule has 138 valence electrons. The van der Waals surface area contributed by atoms with Gasteiger partial charge in [-0.2, -0.15) is 0 Å². The number of amides is 2. The fourth-order valence-corrected chi connectivity index (χ4v) is 3.73. The molecular weight excluding hydrogens is 324 g/mol. The summed E-state index contributed by atoms with van der Waals surface area (Å²) in [5, 5.41) is 2.38. The quantitative estimate of drug-likeness (QED) is 0.839. The highest BCUT2D eigenvalue weighted by Crippen LogP contribution is 2.22. The summed E-state index contributed by atoms with van der Waals surface area (Å²) in [7, 11) is 1.84. The number of likely N-dealkylation sites (N-methyl/N-ethyl adjacent to an activating group) is 1. The first-order valence-corrected chi connectivity index (χ1v) is 9.50. The van der Waals surface area contributed by atoms with E-state index in [-0.39, 0.29) is 23.8 Å². The molecule has 0 N–H and O–H groups in total. The number of benzene rings is 2. The maximum Gasteiger partial charge on any atom is 0.245 e. The van der Waals surface area contributed by atoms with Gasteiger partial charge in [-0.25, -0.2) is 0 Å². The molecular formula is C22H28N2O2. The summed E-state index contributed by atoms with van der Waals surface area (Å²) in [6, 6.07) is 14.2. The summed E-state index contributed by atoms with van der Waals surface area (Å²) in [6.07, 6.45) is 2.75. The lowest BCUT2D eigenvalue weighted by Gasteiger charge is -2.37. The molecule has 2 aromatic rings. The van der Waals surface area contributed by atoms with Crippen LogP contribution in [0.1, 0.15) is 38.7 Å². The van der Waals surface area contributed by atoms with E-state index in [0.717, 1.165) is 24.8 Å². The summed E-state index contributed by atoms with van der Waals surface area (Å²) in [4.78, 5) is 29.1. The number of likely N-dealkylation sites (tertiary alicyclic amines) is 1. The van der Waals surface area contributed by atoms with E-state index in [4.69, 9.17) is 0 Å². The number of carbonyl (C=O) groups excluding carboxylic acids is 2. The van der Waals surface area contributed by atoms with Gasteiger partial charge in [0.05, 0.1) is 0 Å². The van der Waals surface area contributed by atoms with Gasteiger partial charge in [0.25, 0.3) is 0 Å². The van der Waals surface area contributed by atoms with Crippen LogP contribution in [0.2, 0.25) is 0 Å². The van der Waals surface area contributed by atoms with Crippen LogP contribution in [-0.2, 0) is 16.1 Å². The van der Waals surface area contributed by atoms with E-state index in [0.29, 0.717) is 13.1 Å². The van der Waals surface area contributed by atoms with Crippen molar-refractivity contribution in [3.63, 3.8) is 0 Å². The van der Waals surface area contributed by atoms with Crippen molar-refractivity contribution >= 4 is 22.6 Å². The van der Waals surface area contributed by atoms with E-state index in [1.54, 1.807) is 9.80 Å². The second-order valence-corrected chi connectivity index (χ2v) is 7.57. The first-order valence-electron chi connectivity index (χ1n) is 9.50. The van der Waals surface area contributed by atoms with E-state index in [1.807, 2.05) is 33.0 Å². The Hall–Kier alpha value is -2.36. The van der Waals surface area contributed by atoms with Gasteiger partial charge in [-0.15, -0.1) is 0 Å². The van der Waals surface area contributed by atoms with Crippen LogP contribution in [0.15, 0.2) is 42.5 Å². The summed E-state index contributed by atoms with van der Waals surface area (Å²) in [5.41, 5.74) is 1.11. The number of hydrogen-bond donors (Lipinski definition) is 0. The van der Waals surface area contributed by atoms with Gasteiger partial charge in [-0.3, -0.25) is 9.59 Å². The van der Waals surface area contributed by atoms with Gasteiger partial charge in [0.15, 0.2) is 0 Å². The zero-order chi connectivity index (χ0) is 18.7. The molecule has 1 saturated heterocycles. The highest BCUT2D eigenvalue weighted by Gasteiger charge is 2.34. The average molecular weight is 352 g/mol. The molecule has 2 amide bonds. The van der Waals surface area contributed by atoms with Crippen LogP contribution in [0.5, 0.6) is 0 Å². The molecule has 0 unspecified atom stereocenters. The molecule has 1 heterocycles. The molecule has 0 bridgehead atoms. The lowest BCUT2D eigenvalue weighted by molar-refractivity contribution is -0.149. The van der Waals surface area contributed by atoms with Crippen LogP contribution in [0.25, 0.3) is 10.8 Å². The maximum absolute atomic E-state index is 13.0. The molecule has 26 heavy (non-hydrogen) atoms. The predicted octanol–water partition coefficient (Wildman–Crippen LogP) is 3.84. The molecule has 4 nitrogen and oxygen atoms in total. The largest absolute Gasteiger partial charge is 0.340 e. The zero-order valence-electron chi connectivity index (χ0n) is 15.9. The van der Waals surface area contributed by atoms with Crippen LogP contribution in [-0.4, -0.2) is 41.2 Å². The topological polar surface area (TPSA) is 40.6 Å². The molecule has 0 saturated carbocycles. The maximum atomic E-state index is 13.0. The van der Waals surface area contributed by atoms with Crippen molar-refractivity contribution in [2.24, 2.45) is 5.92 Å². The predicted molar refractivity (Wildman–Crippen MR) is 105 cm³/mol. The van der Waals surface area contributed by atoms with Crippen LogP contribution < -0.4 is 0 Å². The number of hydrogen-bond acceptors (Lipinski definition) is 2. The first-order chi connectivity index (χ1) is 12.5. The van der Waals surface area contributed by atoms with Gasteiger partial charge in [0, 0.05) is 26.1 Å². The van der Waals surface area contributed by atoms with Crippen LogP contribution in [0, 0.1) is 5.92 Å². The Labute approximate surface area is 155 Å². The van der Waals surface area contributed by atoms with Crippen LogP contribution >= 0.6 is 0 Å². The summed E-state index contributed by atoms with van der Waals surface area (Å²) < 4.78 is 0. The van der Waals surface area contributed by atoms with E-state index < -0.39 is 0 Å². The minimum absolute atomic E-state index is 0.0480. The molecule has 0 spiro atoms. The number of rotatable bonds is 4. The summed E-state index contributed by atoms with van der Waals surface area (Å²) >= 11 is 0. The van der Waals surface area contributed by atoms with Gasteiger partial charge < -0.3 is 9.80 Å². The number of carbonyl (C=O) groups is 2. The third-order valence-electron chi connectivity index (χ3n) is 5.17. The standard InChI is InChI=1S/C22H28N2O2/c1-16(2)21(25)24-13-7-6-10-20(24)22(26)23(3)15-17-11-12-18-8-4-5-9-19(18)14-17/h4-5,8-9,11-12,14,16,20H,6-7,10,13,15H2,1-3H3/t20-/m1/s1. The molecule has 4 heteroatoms. The first kappa shape index (κ1) is 18.4. The lowest BCUT2D eigenvalue weighted by atomic mass is 9.98. The molecule has 1 aliphatic heterocycles. The Morgan fingerprint density at radius 2 is 1.85 bits per heavy atom. The van der Waals surface area contributed by atoms with E-state index >= 15 is 0 Å². The summed E-state index contributed by atoms with van der Waals surface area (Å²) in [5.74, 6) is 0.0585. The monoisotopic (exact) mass is 352 g/mol. The molecule has 2 aromatic carbocycles. The molecule has 1 atom stereocenters. The van der Waals surface area contributed by atoms with Crippen molar-refractivity contribution in [2.75, 3.05) is 13.6 Å². The number of fused-ring (bicyclic) bond motifs is 1. The minimum atomic E-state index is -0.316. The molecule has 0 aliphatic carbocycles. The molecule has 3 rings (SSSR count). The average Bonchev–Trinajstić information content (AvgIpc) is 2.66. The Morgan fingerprint density at radius 3 is 2.58 bits per heavy atom. The zero-order valence-corrected chi connectivity index (χ0v) is 15.9. The lowest BCUT2D eigenvalue weighted by Crippen LogP contribution is -2.53. The van der Waals surface area contributed by atoms with Crippen molar-refractivity contribution in [3.8, 4) is 0 Å². The third-order valence-corrected chi connectivity index (χ3v) is 5.17. The molecule has 1 aliphatic rings. The van der Waals surface area contributed by atoms with Crippen molar-refractivity contribution in [3.05, 3.63) is 48.0 Å². The van der Waals surface area contributed by atoms with Gasteiger partial charge in [0.2, 0.25) is 11.8 Å². The van der Waals surface area contributed by atoms with E-state index in [1.165, 1.54) is 10.8 Å². The van der Waals surface area contributed by atoms with Gasteiger partial charge in [-0.05, 0) is 41.7 Å². The van der Waals surface area contributed by atoms with Crippen molar-refractivity contribution in [1.29, 1.82) is 0 Å². The molecule has 1 fully saturated rings. The SMILES string of the molecule is CC(C)C(=O)N1CCCC[C@@H]1C(=O)N(C)Cc1ccc2ccccc2c1. The summed E-state index contributed by atoms with van der Waals surface area (Å²) in [6.45, 7) is 5.05. The normalized spacial score (nSPS) is 17.5. The Bertz CT molecular complexity index is 800. The van der Waals surface area contributed by atoms with Gasteiger partial charge in [0.1, 0.15) is 6.04 Å². The van der Waals surface area contributed by atoms with Crippen molar-refractivity contribution in [2.45, 2.75) is 45.7 Å². The van der Waals surface area contributed by atoms with Crippen LogP contribution in [0.3, 0.4) is 0 Å². The van der Waals surface area contributed by atoms with Crippen molar-refractivity contribution in [1.82, 2.24) is 9.80 Å². The number of nitrogens with zero attached hydrogens (tertiary/aromatic N) is 2. The molecule has 0 radical (unpaired) electrons. The van der Waals surface area contributed by atoms with Crippen molar-refractivity contribution < 1.29 is 9.59 Å². The second-order valence-electron chi connectivity index (χ2n) is 7.57. The highest BCUT2D eigenvalue weighted by atomic mass is 16.2. The van der Waals surface area contributed by atoms with E-state index in [2.05, 4.69) is 30.3 Å². The Kier molecular flexibility index (Phi) is 5.60. The highest BCUT2D eigenvalue weighted by molar-refractivity contribution is 5.88. The fourth-order valence-electron chi connectivity index (χ4n) is 3.73. The number of piperidine rings is 1. The third kappa shape index (κ3) is 3.90.